The van der Waals surface area contributed by atoms with E-state index in [2.05, 4.69) is 24.5 Å². The van der Waals surface area contributed by atoms with E-state index in [0.29, 0.717) is 18.9 Å². The molecule has 0 radical (unpaired) electrons. The molecule has 33 heavy (non-hydrogen) atoms. The van der Waals surface area contributed by atoms with Gasteiger partial charge in [0.05, 0.1) is 31.2 Å². The number of hydrogen-bond acceptors (Lipinski definition) is 5. The molecule has 0 aromatic heterocycles. The van der Waals surface area contributed by atoms with Crippen LogP contribution in [-0.4, -0.2) is 64.7 Å². The molecule has 4 amide bonds. The highest BCUT2D eigenvalue weighted by Gasteiger charge is 2.29. The van der Waals surface area contributed by atoms with Crippen LogP contribution in [-0.2, 0) is 16.0 Å². The largest absolute Gasteiger partial charge is 0.389 e. The Balaban J connectivity index is 3.04. The molecule has 0 fully saturated rings. The maximum absolute atomic E-state index is 12.9. The molecule has 0 bridgehead atoms. The Morgan fingerprint density at radius 2 is 1.73 bits per heavy atom. The van der Waals surface area contributed by atoms with Gasteiger partial charge in [-0.25, -0.2) is 4.79 Å². The fourth-order valence-corrected chi connectivity index (χ4v) is 3.19. The summed E-state index contributed by atoms with van der Waals surface area (Å²) in [6.07, 6.45) is -0.263. The molecule has 0 saturated heterocycles. The summed E-state index contributed by atoms with van der Waals surface area (Å²) in [5.74, 6) is -0.892. The second kappa shape index (κ2) is 13.2. The summed E-state index contributed by atoms with van der Waals surface area (Å²) in [5, 5.41) is 16.8. The SMILES string of the molecule is CC(C)CCN(C[C@@H](O)[C@H](Cc1ccccc1)NC(=O)[C@@H](N)CC(N)=O)C(=O)NC(C)(C)C. The smallest absolute Gasteiger partial charge is 0.317 e. The van der Waals surface area contributed by atoms with Gasteiger partial charge in [-0.05, 0) is 45.1 Å². The topological polar surface area (TPSA) is 151 Å². The third-order valence-electron chi connectivity index (χ3n) is 5.00. The van der Waals surface area contributed by atoms with Crippen molar-refractivity contribution in [2.45, 2.75) is 77.6 Å². The van der Waals surface area contributed by atoms with Gasteiger partial charge in [-0.3, -0.25) is 9.59 Å². The van der Waals surface area contributed by atoms with Crippen LogP contribution < -0.4 is 22.1 Å². The van der Waals surface area contributed by atoms with Crippen LogP contribution in [0.1, 0.15) is 53.0 Å². The number of nitrogens with zero attached hydrogens (tertiary/aromatic N) is 1. The second-order valence-corrected chi connectivity index (χ2v) is 9.96. The number of nitrogens with two attached hydrogens (primary N) is 2. The van der Waals surface area contributed by atoms with E-state index in [1.165, 1.54) is 0 Å². The van der Waals surface area contributed by atoms with Crippen LogP contribution in [0.4, 0.5) is 4.79 Å². The molecule has 9 nitrogen and oxygen atoms in total. The van der Waals surface area contributed by atoms with E-state index in [4.69, 9.17) is 11.5 Å². The molecule has 0 heterocycles. The van der Waals surface area contributed by atoms with E-state index in [9.17, 15) is 19.5 Å². The number of carbonyl (C=O) groups is 3. The van der Waals surface area contributed by atoms with E-state index in [0.717, 1.165) is 12.0 Å². The van der Waals surface area contributed by atoms with Gasteiger partial charge in [0.15, 0.2) is 0 Å². The Hall–Kier alpha value is -2.65. The van der Waals surface area contributed by atoms with Gasteiger partial charge in [-0.2, -0.15) is 0 Å². The lowest BCUT2D eigenvalue weighted by molar-refractivity contribution is -0.127. The number of amides is 4. The zero-order valence-electron chi connectivity index (χ0n) is 20.5. The minimum Gasteiger partial charge on any atom is -0.389 e. The summed E-state index contributed by atoms with van der Waals surface area (Å²) >= 11 is 0. The van der Waals surface area contributed by atoms with E-state index < -0.39 is 35.5 Å². The van der Waals surface area contributed by atoms with Gasteiger partial charge < -0.3 is 32.1 Å². The molecule has 9 heteroatoms. The summed E-state index contributed by atoms with van der Waals surface area (Å²) < 4.78 is 0. The van der Waals surface area contributed by atoms with Gasteiger partial charge in [0.2, 0.25) is 11.8 Å². The molecule has 0 aliphatic heterocycles. The number of urea groups is 1. The summed E-state index contributed by atoms with van der Waals surface area (Å²) in [4.78, 5) is 38.2. The van der Waals surface area contributed by atoms with Crippen LogP contribution in [0.2, 0.25) is 0 Å². The van der Waals surface area contributed by atoms with Crippen molar-refractivity contribution in [1.82, 2.24) is 15.5 Å². The first-order chi connectivity index (χ1) is 15.3. The minimum atomic E-state index is -1.12. The van der Waals surface area contributed by atoms with E-state index in [-0.39, 0.29) is 19.0 Å². The van der Waals surface area contributed by atoms with Crippen LogP contribution in [0, 0.1) is 5.92 Å². The van der Waals surface area contributed by atoms with Gasteiger partial charge in [-0.1, -0.05) is 44.2 Å². The summed E-state index contributed by atoms with van der Waals surface area (Å²) in [7, 11) is 0. The van der Waals surface area contributed by atoms with Gasteiger partial charge in [0.1, 0.15) is 0 Å². The van der Waals surface area contributed by atoms with Crippen molar-refractivity contribution in [3.8, 4) is 0 Å². The number of benzene rings is 1. The van der Waals surface area contributed by atoms with Gasteiger partial charge >= 0.3 is 6.03 Å². The fraction of sp³-hybridized carbons (Fsp3) is 0.625. The van der Waals surface area contributed by atoms with Gasteiger partial charge in [-0.15, -0.1) is 0 Å². The molecule has 3 atom stereocenters. The summed E-state index contributed by atoms with van der Waals surface area (Å²) in [6, 6.07) is 7.27. The molecular formula is C24H41N5O4. The average molecular weight is 464 g/mol. The van der Waals surface area contributed by atoms with Crippen LogP contribution in [0.3, 0.4) is 0 Å². The Kier molecular flexibility index (Phi) is 11.3. The van der Waals surface area contributed by atoms with Crippen molar-refractivity contribution in [2.75, 3.05) is 13.1 Å². The number of hydrogen-bond donors (Lipinski definition) is 5. The Bertz CT molecular complexity index is 764. The number of aliphatic hydroxyl groups is 1. The predicted octanol–water partition coefficient (Wildman–Crippen LogP) is 1.13. The lowest BCUT2D eigenvalue weighted by Gasteiger charge is -2.33. The minimum absolute atomic E-state index is 0.0253. The molecule has 0 aliphatic rings. The summed E-state index contributed by atoms with van der Waals surface area (Å²) in [6.45, 7) is 10.3. The van der Waals surface area contributed by atoms with Gasteiger partial charge in [0.25, 0.3) is 0 Å². The van der Waals surface area contributed by atoms with Crippen LogP contribution in [0.25, 0.3) is 0 Å². The molecule has 1 aromatic carbocycles. The van der Waals surface area contributed by atoms with Crippen LogP contribution in [0.15, 0.2) is 30.3 Å². The Morgan fingerprint density at radius 3 is 2.24 bits per heavy atom. The van der Waals surface area contributed by atoms with Crippen LogP contribution >= 0.6 is 0 Å². The highest BCUT2D eigenvalue weighted by molar-refractivity contribution is 5.87. The van der Waals surface area contributed by atoms with Crippen molar-refractivity contribution in [1.29, 1.82) is 0 Å². The molecule has 1 aromatic rings. The van der Waals surface area contributed by atoms with Crippen molar-refractivity contribution < 1.29 is 19.5 Å². The first-order valence-electron chi connectivity index (χ1n) is 11.4. The monoisotopic (exact) mass is 463 g/mol. The normalized spacial score (nSPS) is 14.3. The number of nitrogens with one attached hydrogen (secondary N) is 2. The van der Waals surface area contributed by atoms with Gasteiger partial charge in [0, 0.05) is 12.1 Å². The average Bonchev–Trinajstić information content (AvgIpc) is 2.69. The zero-order chi connectivity index (χ0) is 25.2. The standard InChI is InChI=1S/C24H41N5O4/c1-16(2)11-12-29(23(33)28-24(3,4)5)15-20(30)19(13-17-9-7-6-8-10-17)27-22(32)18(25)14-21(26)31/h6-10,16,18-20,30H,11-15,25H2,1-5H3,(H2,26,31)(H,27,32)(H,28,33)/t18-,19-,20+/m0/s1. The lowest BCUT2D eigenvalue weighted by atomic mass is 9.99. The number of primary amides is 1. The molecule has 0 spiro atoms. The van der Waals surface area contributed by atoms with Crippen molar-refractivity contribution >= 4 is 17.8 Å². The maximum atomic E-state index is 12.9. The molecular weight excluding hydrogens is 422 g/mol. The zero-order valence-corrected chi connectivity index (χ0v) is 20.5. The number of aliphatic hydroxyl groups excluding tert-OH is 1. The Labute approximate surface area is 197 Å². The third kappa shape index (κ3) is 11.7. The maximum Gasteiger partial charge on any atom is 0.317 e. The quantitative estimate of drug-likeness (QED) is 0.315. The molecule has 0 unspecified atom stereocenters. The highest BCUT2D eigenvalue weighted by atomic mass is 16.3. The Morgan fingerprint density at radius 1 is 1.12 bits per heavy atom. The predicted molar refractivity (Wildman–Crippen MR) is 129 cm³/mol. The van der Waals surface area contributed by atoms with Crippen molar-refractivity contribution in [2.24, 2.45) is 17.4 Å². The molecule has 0 saturated carbocycles. The van der Waals surface area contributed by atoms with Crippen molar-refractivity contribution in [3.05, 3.63) is 35.9 Å². The second-order valence-electron chi connectivity index (χ2n) is 9.96. The molecule has 1 rings (SSSR count). The number of rotatable bonds is 12. The van der Waals surface area contributed by atoms with Crippen molar-refractivity contribution in [3.63, 3.8) is 0 Å². The third-order valence-corrected chi connectivity index (χ3v) is 5.00. The van der Waals surface area contributed by atoms with Crippen LogP contribution in [0.5, 0.6) is 0 Å². The molecule has 7 N–H and O–H groups in total. The van der Waals surface area contributed by atoms with E-state index in [1.807, 2.05) is 51.1 Å². The summed E-state index contributed by atoms with van der Waals surface area (Å²) in [5.41, 5.74) is 11.4. The molecule has 186 valence electrons. The highest BCUT2D eigenvalue weighted by Crippen LogP contribution is 2.11. The molecule has 0 aliphatic carbocycles. The van der Waals surface area contributed by atoms with E-state index >= 15 is 0 Å². The first kappa shape index (κ1) is 28.4. The van der Waals surface area contributed by atoms with E-state index in [1.54, 1.807) is 4.90 Å². The fourth-order valence-electron chi connectivity index (χ4n) is 3.19. The lowest BCUT2D eigenvalue weighted by Crippen LogP contribution is -2.56. The first-order valence-corrected chi connectivity index (χ1v) is 11.4. The number of carbonyl (C=O) groups excluding carboxylic acids is 3.